The van der Waals surface area contributed by atoms with Crippen molar-refractivity contribution < 1.29 is 4.79 Å². The smallest absolute Gasteiger partial charge is 0.230 e. The highest BCUT2D eigenvalue weighted by atomic mass is 35.5. The van der Waals surface area contributed by atoms with Crippen molar-refractivity contribution in [3.8, 4) is 5.69 Å². The number of carbonyl (C=O) groups excluding carboxylic acids is 1. The number of halogens is 2. The molecule has 0 saturated heterocycles. The van der Waals surface area contributed by atoms with Gasteiger partial charge in [0.15, 0.2) is 5.16 Å². The Balaban J connectivity index is 1.43. The normalized spacial score (nSPS) is 10.9. The van der Waals surface area contributed by atoms with Crippen LogP contribution in [0, 0.1) is 6.92 Å². The SMILES string of the molecule is Cc1cccc(-n2c(Cc3ccccc3)nnc2SCC(=O)NCCc2ccc(Cl)cc2Cl)c1. The van der Waals surface area contributed by atoms with Crippen molar-refractivity contribution in [2.24, 2.45) is 0 Å². The Morgan fingerprint density at radius 1 is 1.00 bits per heavy atom. The van der Waals surface area contributed by atoms with Gasteiger partial charge >= 0.3 is 0 Å². The molecule has 1 N–H and O–H groups in total. The van der Waals surface area contributed by atoms with E-state index < -0.39 is 0 Å². The van der Waals surface area contributed by atoms with Crippen LogP contribution in [0.25, 0.3) is 5.69 Å². The second-order valence-electron chi connectivity index (χ2n) is 7.86. The lowest BCUT2D eigenvalue weighted by atomic mass is 10.1. The summed E-state index contributed by atoms with van der Waals surface area (Å²) >= 11 is 13.5. The Labute approximate surface area is 213 Å². The molecule has 34 heavy (non-hydrogen) atoms. The van der Waals surface area contributed by atoms with E-state index >= 15 is 0 Å². The third-order valence-corrected chi connectivity index (χ3v) is 6.75. The number of thioether (sulfide) groups is 1. The summed E-state index contributed by atoms with van der Waals surface area (Å²) < 4.78 is 2.03. The molecule has 5 nitrogen and oxygen atoms in total. The van der Waals surface area contributed by atoms with Crippen molar-refractivity contribution in [1.82, 2.24) is 20.1 Å². The van der Waals surface area contributed by atoms with Gasteiger partial charge in [-0.1, -0.05) is 83.5 Å². The largest absolute Gasteiger partial charge is 0.355 e. The molecule has 0 fully saturated rings. The molecule has 3 aromatic carbocycles. The van der Waals surface area contributed by atoms with Crippen LogP contribution in [0.2, 0.25) is 10.0 Å². The van der Waals surface area contributed by atoms with E-state index in [2.05, 4.69) is 46.7 Å². The Morgan fingerprint density at radius 3 is 2.59 bits per heavy atom. The molecule has 0 aliphatic carbocycles. The molecule has 1 heterocycles. The van der Waals surface area contributed by atoms with Gasteiger partial charge in [0.05, 0.1) is 5.75 Å². The predicted molar refractivity (Wildman–Crippen MR) is 139 cm³/mol. The molecule has 174 valence electrons. The predicted octanol–water partition coefficient (Wildman–Crippen LogP) is 5.92. The van der Waals surface area contributed by atoms with Gasteiger partial charge in [0.25, 0.3) is 0 Å². The first kappa shape index (κ1) is 24.3. The van der Waals surface area contributed by atoms with Crippen LogP contribution in [-0.2, 0) is 17.6 Å². The van der Waals surface area contributed by atoms with Crippen molar-refractivity contribution in [2.45, 2.75) is 24.9 Å². The summed E-state index contributed by atoms with van der Waals surface area (Å²) in [7, 11) is 0. The van der Waals surface area contributed by atoms with Gasteiger partial charge in [0.1, 0.15) is 5.82 Å². The van der Waals surface area contributed by atoms with Crippen LogP contribution in [0.3, 0.4) is 0 Å². The van der Waals surface area contributed by atoms with E-state index in [1.165, 1.54) is 11.8 Å². The molecule has 4 aromatic rings. The Hall–Kier alpha value is -2.80. The molecule has 0 unspecified atom stereocenters. The van der Waals surface area contributed by atoms with Crippen molar-refractivity contribution in [3.05, 3.63) is 105 Å². The standard InChI is InChI=1S/C26H24Cl2N4OS/c1-18-6-5-9-22(14-18)32-24(15-19-7-3-2-4-8-19)30-31-26(32)34-17-25(33)29-13-12-20-10-11-21(27)16-23(20)28/h2-11,14,16H,12-13,15,17H2,1H3,(H,29,33). The maximum absolute atomic E-state index is 12.5. The minimum absolute atomic E-state index is 0.0708. The number of hydrogen-bond donors (Lipinski definition) is 1. The second-order valence-corrected chi connectivity index (χ2v) is 9.65. The third-order valence-electron chi connectivity index (χ3n) is 5.23. The van der Waals surface area contributed by atoms with Crippen LogP contribution in [0.15, 0.2) is 78.0 Å². The molecular formula is C26H24Cl2N4OS. The summed E-state index contributed by atoms with van der Waals surface area (Å²) in [5.74, 6) is 1.000. The van der Waals surface area contributed by atoms with Crippen molar-refractivity contribution in [1.29, 1.82) is 0 Å². The zero-order valence-electron chi connectivity index (χ0n) is 18.7. The lowest BCUT2D eigenvalue weighted by Gasteiger charge is -2.11. The van der Waals surface area contributed by atoms with Gasteiger partial charge in [-0.3, -0.25) is 9.36 Å². The summed E-state index contributed by atoms with van der Waals surface area (Å²) in [5.41, 5.74) is 4.23. The number of rotatable bonds is 9. The summed E-state index contributed by atoms with van der Waals surface area (Å²) in [6.45, 7) is 2.54. The monoisotopic (exact) mass is 510 g/mol. The van der Waals surface area contributed by atoms with E-state index in [9.17, 15) is 4.79 Å². The van der Waals surface area contributed by atoms with E-state index in [4.69, 9.17) is 23.2 Å². The fourth-order valence-electron chi connectivity index (χ4n) is 3.56. The van der Waals surface area contributed by atoms with Crippen molar-refractivity contribution >= 4 is 40.9 Å². The summed E-state index contributed by atoms with van der Waals surface area (Å²) in [5, 5.41) is 13.7. The molecule has 1 amide bonds. The molecule has 0 spiro atoms. The topological polar surface area (TPSA) is 59.8 Å². The van der Waals surface area contributed by atoms with Crippen LogP contribution in [0.1, 0.15) is 22.5 Å². The van der Waals surface area contributed by atoms with Gasteiger partial charge < -0.3 is 5.32 Å². The van der Waals surface area contributed by atoms with Gasteiger partial charge in [-0.05, 0) is 54.3 Å². The quantitative estimate of drug-likeness (QED) is 0.283. The van der Waals surface area contributed by atoms with Crippen LogP contribution < -0.4 is 5.32 Å². The minimum atomic E-state index is -0.0708. The fraction of sp³-hybridized carbons (Fsp3) is 0.192. The van der Waals surface area contributed by atoms with Crippen LogP contribution in [-0.4, -0.2) is 33.0 Å². The van der Waals surface area contributed by atoms with Crippen LogP contribution in [0.5, 0.6) is 0 Å². The fourth-order valence-corrected chi connectivity index (χ4v) is 4.86. The average Bonchev–Trinajstić information content (AvgIpc) is 3.22. The summed E-state index contributed by atoms with van der Waals surface area (Å²) in [6.07, 6.45) is 1.28. The zero-order chi connectivity index (χ0) is 23.9. The van der Waals surface area contributed by atoms with Gasteiger partial charge in [0, 0.05) is 28.7 Å². The number of nitrogens with one attached hydrogen (secondary N) is 1. The third kappa shape index (κ3) is 6.41. The highest BCUT2D eigenvalue weighted by Gasteiger charge is 2.16. The molecule has 0 radical (unpaired) electrons. The van der Waals surface area contributed by atoms with Crippen molar-refractivity contribution in [3.63, 3.8) is 0 Å². The number of amides is 1. The number of aryl methyl sites for hydroxylation is 1. The maximum Gasteiger partial charge on any atom is 0.230 e. The van der Waals surface area contributed by atoms with Crippen LogP contribution >= 0.6 is 35.0 Å². The molecule has 4 rings (SSSR count). The summed E-state index contributed by atoms with van der Waals surface area (Å²) in [6, 6.07) is 23.7. The van der Waals surface area contributed by atoms with Gasteiger partial charge in [-0.25, -0.2) is 0 Å². The zero-order valence-corrected chi connectivity index (χ0v) is 21.0. The maximum atomic E-state index is 12.5. The number of carbonyl (C=O) groups is 1. The average molecular weight is 511 g/mol. The molecule has 1 aromatic heterocycles. The molecule has 0 saturated carbocycles. The van der Waals surface area contributed by atoms with E-state index in [1.54, 1.807) is 12.1 Å². The second kappa shape index (κ2) is 11.6. The highest BCUT2D eigenvalue weighted by molar-refractivity contribution is 7.99. The van der Waals surface area contributed by atoms with Gasteiger partial charge in [0.2, 0.25) is 5.91 Å². The molecular weight excluding hydrogens is 487 g/mol. The van der Waals surface area contributed by atoms with E-state index in [1.807, 2.05) is 41.0 Å². The van der Waals surface area contributed by atoms with E-state index in [-0.39, 0.29) is 11.7 Å². The highest BCUT2D eigenvalue weighted by Crippen LogP contribution is 2.24. The molecule has 0 aliphatic rings. The van der Waals surface area contributed by atoms with E-state index in [0.29, 0.717) is 34.6 Å². The minimum Gasteiger partial charge on any atom is -0.355 e. The first-order valence-electron chi connectivity index (χ1n) is 10.9. The number of benzene rings is 3. The van der Waals surface area contributed by atoms with Gasteiger partial charge in [-0.2, -0.15) is 0 Å². The Bertz CT molecular complexity index is 1280. The Kier molecular flexibility index (Phi) is 8.27. The Morgan fingerprint density at radius 2 is 1.82 bits per heavy atom. The molecule has 0 bridgehead atoms. The first-order valence-corrected chi connectivity index (χ1v) is 12.6. The first-order chi connectivity index (χ1) is 16.5. The lowest BCUT2D eigenvalue weighted by Crippen LogP contribution is -2.27. The number of nitrogens with zero attached hydrogens (tertiary/aromatic N) is 3. The van der Waals surface area contributed by atoms with Crippen molar-refractivity contribution in [2.75, 3.05) is 12.3 Å². The number of hydrogen-bond acceptors (Lipinski definition) is 4. The molecule has 0 aliphatic heterocycles. The van der Waals surface area contributed by atoms with E-state index in [0.717, 1.165) is 28.2 Å². The lowest BCUT2D eigenvalue weighted by molar-refractivity contribution is -0.118. The van der Waals surface area contributed by atoms with Gasteiger partial charge in [-0.15, -0.1) is 10.2 Å². The molecule has 8 heteroatoms. The van der Waals surface area contributed by atoms with Crippen LogP contribution in [0.4, 0.5) is 0 Å². The molecule has 0 atom stereocenters. The number of aromatic nitrogens is 3. The summed E-state index contributed by atoms with van der Waals surface area (Å²) in [4.78, 5) is 12.5.